The first kappa shape index (κ1) is 21.2. The number of piperazine rings is 1. The number of carbonyl (C=O) groups excluding carboxylic acids is 2. The first-order valence-corrected chi connectivity index (χ1v) is 11.4. The van der Waals surface area contributed by atoms with Crippen LogP contribution >= 0.6 is 0 Å². The van der Waals surface area contributed by atoms with E-state index in [0.29, 0.717) is 48.7 Å². The second-order valence-corrected chi connectivity index (χ2v) is 9.60. The van der Waals surface area contributed by atoms with Gasteiger partial charge in [-0.25, -0.2) is 8.42 Å². The van der Waals surface area contributed by atoms with E-state index in [0.717, 1.165) is 0 Å². The van der Waals surface area contributed by atoms with Gasteiger partial charge in [0.2, 0.25) is 15.9 Å². The summed E-state index contributed by atoms with van der Waals surface area (Å²) in [6.45, 7) is 5.92. The molecule has 1 fully saturated rings. The number of nitrogens with one attached hydrogen (secondary N) is 1. The van der Waals surface area contributed by atoms with Crippen molar-refractivity contribution >= 4 is 33.2 Å². The zero-order valence-corrected chi connectivity index (χ0v) is 18.1. The largest absolute Gasteiger partial charge is 0.324 e. The Bertz CT molecular complexity index is 1120. The number of sulfonamides is 1. The minimum Gasteiger partial charge on any atom is -0.324 e. The van der Waals surface area contributed by atoms with Crippen LogP contribution in [0.5, 0.6) is 0 Å². The summed E-state index contributed by atoms with van der Waals surface area (Å²) in [5.41, 5.74) is 2.05. The average molecular weight is 441 g/mol. The Balaban J connectivity index is 1.45. The topological polar surface area (TPSA) is 90.0 Å². The molecule has 0 spiro atoms. The molecule has 9 heteroatoms. The molecular formula is C22H24N4O4S. The van der Waals surface area contributed by atoms with E-state index < -0.39 is 15.9 Å². The fourth-order valence-electron chi connectivity index (χ4n) is 3.76. The predicted octanol–water partition coefficient (Wildman–Crippen LogP) is 1.69. The first-order valence-electron chi connectivity index (χ1n) is 9.96. The molecule has 2 heterocycles. The molecule has 0 aliphatic carbocycles. The summed E-state index contributed by atoms with van der Waals surface area (Å²) < 4.78 is 27.4. The molecule has 2 aliphatic heterocycles. The smallest absolute Gasteiger partial charge is 0.259 e. The summed E-state index contributed by atoms with van der Waals surface area (Å²) >= 11 is 0. The van der Waals surface area contributed by atoms with Crippen LogP contribution in [0.15, 0.2) is 60.0 Å². The molecule has 4 rings (SSSR count). The Labute approximate surface area is 181 Å². The summed E-state index contributed by atoms with van der Waals surface area (Å²) in [6.07, 6.45) is 0. The molecular weight excluding hydrogens is 416 g/mol. The van der Waals surface area contributed by atoms with E-state index in [1.54, 1.807) is 30.3 Å². The second kappa shape index (κ2) is 8.26. The molecule has 2 aromatic carbocycles. The molecule has 0 aromatic heterocycles. The van der Waals surface area contributed by atoms with E-state index in [-0.39, 0.29) is 17.3 Å². The number of anilines is 1. The number of hydrogen-bond acceptors (Lipinski definition) is 5. The molecule has 0 radical (unpaired) electrons. The highest BCUT2D eigenvalue weighted by Crippen LogP contribution is 2.31. The molecule has 1 N–H and O–H groups in total. The summed E-state index contributed by atoms with van der Waals surface area (Å²) in [7, 11) is -1.69. The van der Waals surface area contributed by atoms with Crippen LogP contribution in [0.4, 0.5) is 5.69 Å². The van der Waals surface area contributed by atoms with Crippen molar-refractivity contribution in [2.45, 2.75) is 4.90 Å². The first-order chi connectivity index (χ1) is 14.8. The molecule has 8 nitrogen and oxygen atoms in total. The number of likely N-dealkylation sites (N-methyl/N-ethyl adjacent to an activating group) is 1. The van der Waals surface area contributed by atoms with Crippen LogP contribution in [-0.2, 0) is 14.8 Å². The Hall–Kier alpha value is -3.01. The van der Waals surface area contributed by atoms with Gasteiger partial charge in [-0.3, -0.25) is 14.5 Å². The van der Waals surface area contributed by atoms with Crippen LogP contribution in [0.3, 0.4) is 0 Å². The lowest BCUT2D eigenvalue weighted by Crippen LogP contribution is -2.47. The summed E-state index contributed by atoms with van der Waals surface area (Å²) in [5, 5.41) is 2.69. The van der Waals surface area contributed by atoms with E-state index in [4.69, 9.17) is 0 Å². The van der Waals surface area contributed by atoms with Crippen molar-refractivity contribution in [3.8, 4) is 0 Å². The van der Waals surface area contributed by atoms with E-state index in [2.05, 4.69) is 16.8 Å². The number of rotatable bonds is 5. The predicted molar refractivity (Wildman–Crippen MR) is 118 cm³/mol. The van der Waals surface area contributed by atoms with Crippen molar-refractivity contribution in [3.05, 3.63) is 66.2 Å². The lowest BCUT2D eigenvalue weighted by Gasteiger charge is -2.31. The Morgan fingerprint density at radius 1 is 1.03 bits per heavy atom. The quantitative estimate of drug-likeness (QED) is 0.764. The highest BCUT2D eigenvalue weighted by molar-refractivity contribution is 7.89. The van der Waals surface area contributed by atoms with Crippen LogP contribution in [0.25, 0.3) is 5.70 Å². The van der Waals surface area contributed by atoms with Gasteiger partial charge >= 0.3 is 0 Å². The number of hydrogen-bond donors (Lipinski definition) is 1. The van der Waals surface area contributed by atoms with Gasteiger partial charge in [-0.15, -0.1) is 0 Å². The zero-order chi connectivity index (χ0) is 22.2. The van der Waals surface area contributed by atoms with E-state index >= 15 is 0 Å². The van der Waals surface area contributed by atoms with Crippen molar-refractivity contribution in [1.82, 2.24) is 14.1 Å². The Morgan fingerprint density at radius 3 is 2.39 bits per heavy atom. The molecule has 2 amide bonds. The monoisotopic (exact) mass is 440 g/mol. The molecule has 0 bridgehead atoms. The van der Waals surface area contributed by atoms with Gasteiger partial charge in [0.1, 0.15) is 6.54 Å². The van der Waals surface area contributed by atoms with Crippen LogP contribution in [-0.4, -0.2) is 74.1 Å². The Kier molecular flexibility index (Phi) is 5.65. The van der Waals surface area contributed by atoms with Crippen LogP contribution in [0, 0.1) is 0 Å². The third kappa shape index (κ3) is 4.12. The fourth-order valence-corrected chi connectivity index (χ4v) is 5.23. The molecule has 162 valence electrons. The second-order valence-electron chi connectivity index (χ2n) is 7.67. The van der Waals surface area contributed by atoms with Gasteiger partial charge in [0.25, 0.3) is 5.91 Å². The third-order valence-corrected chi connectivity index (χ3v) is 7.45. The van der Waals surface area contributed by atoms with Crippen LogP contribution < -0.4 is 5.32 Å². The molecule has 0 unspecified atom stereocenters. The van der Waals surface area contributed by atoms with Crippen molar-refractivity contribution in [1.29, 1.82) is 0 Å². The maximum absolute atomic E-state index is 13.0. The highest BCUT2D eigenvalue weighted by Gasteiger charge is 2.32. The van der Waals surface area contributed by atoms with Gasteiger partial charge in [0.05, 0.1) is 4.90 Å². The van der Waals surface area contributed by atoms with Gasteiger partial charge < -0.3 is 10.2 Å². The lowest BCUT2D eigenvalue weighted by molar-refractivity contribution is -0.116. The minimum atomic E-state index is -3.64. The third-order valence-electron chi connectivity index (χ3n) is 5.56. The minimum absolute atomic E-state index is 0.129. The molecule has 0 atom stereocenters. The Morgan fingerprint density at radius 2 is 1.71 bits per heavy atom. The maximum atomic E-state index is 13.0. The summed E-state index contributed by atoms with van der Waals surface area (Å²) in [5.74, 6) is -0.710. The normalized spacial score (nSPS) is 17.6. The van der Waals surface area contributed by atoms with Gasteiger partial charge in [-0.05, 0) is 31.3 Å². The van der Waals surface area contributed by atoms with Gasteiger partial charge in [0.15, 0.2) is 0 Å². The van der Waals surface area contributed by atoms with Crippen LogP contribution in [0.2, 0.25) is 0 Å². The molecule has 1 saturated heterocycles. The van der Waals surface area contributed by atoms with E-state index in [1.165, 1.54) is 21.3 Å². The number of fused-ring (bicyclic) bond motifs is 1. The standard InChI is InChI=1S/C22H24N4O4S/c1-16-19-8-3-4-9-20(19)22(28)26(16)15-21(27)23-17-6-5-7-18(14-17)31(29,30)25-12-10-24(2)11-13-25/h3-9,14H,1,10-13,15H2,2H3,(H,23,27). The van der Waals surface area contributed by atoms with Gasteiger partial charge in [-0.1, -0.05) is 30.8 Å². The van der Waals surface area contributed by atoms with Crippen molar-refractivity contribution in [3.63, 3.8) is 0 Å². The van der Waals surface area contributed by atoms with Crippen LogP contribution in [0.1, 0.15) is 15.9 Å². The van der Waals surface area contributed by atoms with E-state index in [1.807, 2.05) is 13.1 Å². The van der Waals surface area contributed by atoms with Crippen molar-refractivity contribution in [2.24, 2.45) is 0 Å². The lowest BCUT2D eigenvalue weighted by atomic mass is 10.1. The molecule has 0 saturated carbocycles. The van der Waals surface area contributed by atoms with Crippen molar-refractivity contribution < 1.29 is 18.0 Å². The highest BCUT2D eigenvalue weighted by atomic mass is 32.2. The number of benzene rings is 2. The molecule has 2 aliphatic rings. The molecule has 2 aromatic rings. The zero-order valence-electron chi connectivity index (χ0n) is 17.2. The maximum Gasteiger partial charge on any atom is 0.259 e. The van der Waals surface area contributed by atoms with E-state index in [9.17, 15) is 18.0 Å². The van der Waals surface area contributed by atoms with Gasteiger partial charge in [-0.2, -0.15) is 4.31 Å². The molecule has 31 heavy (non-hydrogen) atoms. The average Bonchev–Trinajstić information content (AvgIpc) is 2.99. The summed E-state index contributed by atoms with van der Waals surface area (Å²) in [4.78, 5) is 28.7. The summed E-state index contributed by atoms with van der Waals surface area (Å²) in [6, 6.07) is 13.2. The van der Waals surface area contributed by atoms with Crippen molar-refractivity contribution in [2.75, 3.05) is 45.1 Å². The van der Waals surface area contributed by atoms with Gasteiger partial charge in [0, 0.05) is 48.7 Å². The number of amides is 2. The number of nitrogens with zero attached hydrogens (tertiary/aromatic N) is 3. The SMILES string of the molecule is C=C1c2ccccc2C(=O)N1CC(=O)Nc1cccc(S(=O)(=O)N2CCN(C)CC2)c1. The fraction of sp³-hybridized carbons (Fsp3) is 0.273. The number of carbonyl (C=O) groups is 2.